The van der Waals surface area contributed by atoms with Crippen LogP contribution in [-0.4, -0.2) is 50.1 Å². The Morgan fingerprint density at radius 3 is 2.26 bits per heavy atom. The van der Waals surface area contributed by atoms with E-state index in [9.17, 15) is 4.79 Å². The fourth-order valence-electron chi connectivity index (χ4n) is 2.27. The second-order valence-electron chi connectivity index (χ2n) is 4.80. The Kier molecular flexibility index (Phi) is 4.27. The normalized spacial score (nSPS) is 17.2. The maximum absolute atomic E-state index is 11.8. The van der Waals surface area contributed by atoms with Crippen LogP contribution in [0.2, 0.25) is 0 Å². The third-order valence-corrected chi connectivity index (χ3v) is 3.42. The van der Waals surface area contributed by atoms with Crippen LogP contribution in [0.5, 0.6) is 5.75 Å². The quantitative estimate of drug-likeness (QED) is 0.871. The van der Waals surface area contributed by atoms with Gasteiger partial charge in [0.25, 0.3) is 0 Å². The molecule has 0 aliphatic carbocycles. The van der Waals surface area contributed by atoms with Crippen molar-refractivity contribution in [1.82, 2.24) is 4.90 Å². The van der Waals surface area contributed by atoms with E-state index in [2.05, 4.69) is 4.90 Å². The van der Waals surface area contributed by atoms with E-state index in [4.69, 9.17) is 10.5 Å². The van der Waals surface area contributed by atoms with Crippen molar-refractivity contribution in [1.29, 1.82) is 0 Å². The molecule has 1 atom stereocenters. The number of carbonyl (C=O) groups is 1. The standard InChI is InChI=1S/C14H21N3O2/c1-11(15)14(18)17-9-7-16(8-10-17)12-3-5-13(19-2)6-4-12/h3-6,11H,7-10,15H2,1-2H3/t11-/m1/s1. The van der Waals surface area contributed by atoms with E-state index in [-0.39, 0.29) is 5.91 Å². The Morgan fingerprint density at radius 1 is 1.21 bits per heavy atom. The van der Waals surface area contributed by atoms with E-state index in [1.807, 2.05) is 29.2 Å². The highest BCUT2D eigenvalue weighted by Crippen LogP contribution is 2.20. The molecule has 1 saturated heterocycles. The molecule has 1 fully saturated rings. The van der Waals surface area contributed by atoms with Crippen molar-refractivity contribution in [3.63, 3.8) is 0 Å². The number of rotatable bonds is 3. The molecule has 1 aromatic rings. The van der Waals surface area contributed by atoms with Crippen LogP contribution in [0.1, 0.15) is 6.92 Å². The van der Waals surface area contributed by atoms with E-state index >= 15 is 0 Å². The molecular formula is C14H21N3O2. The van der Waals surface area contributed by atoms with E-state index in [0.717, 1.165) is 37.6 Å². The fourth-order valence-corrected chi connectivity index (χ4v) is 2.27. The topological polar surface area (TPSA) is 58.8 Å². The Morgan fingerprint density at radius 2 is 1.79 bits per heavy atom. The van der Waals surface area contributed by atoms with Gasteiger partial charge in [-0.1, -0.05) is 0 Å². The summed E-state index contributed by atoms with van der Waals surface area (Å²) in [4.78, 5) is 15.9. The average Bonchev–Trinajstić information content (AvgIpc) is 2.46. The first-order chi connectivity index (χ1) is 9.11. The number of carbonyl (C=O) groups excluding carboxylic acids is 1. The van der Waals surface area contributed by atoms with Crippen LogP contribution >= 0.6 is 0 Å². The molecule has 1 amide bonds. The van der Waals surface area contributed by atoms with Crippen LogP contribution in [0.25, 0.3) is 0 Å². The van der Waals surface area contributed by atoms with Gasteiger partial charge in [-0.05, 0) is 31.2 Å². The fraction of sp³-hybridized carbons (Fsp3) is 0.500. The molecule has 5 heteroatoms. The van der Waals surface area contributed by atoms with Crippen molar-refractivity contribution in [3.8, 4) is 5.75 Å². The predicted octanol–water partition coefficient (Wildman–Crippen LogP) is 0.691. The Hall–Kier alpha value is -1.75. The van der Waals surface area contributed by atoms with E-state index < -0.39 is 6.04 Å². The number of hydrogen-bond acceptors (Lipinski definition) is 4. The number of hydrogen-bond donors (Lipinski definition) is 1. The summed E-state index contributed by atoms with van der Waals surface area (Å²) < 4.78 is 5.15. The van der Waals surface area contributed by atoms with Gasteiger partial charge in [-0.2, -0.15) is 0 Å². The van der Waals surface area contributed by atoms with Gasteiger partial charge >= 0.3 is 0 Å². The number of nitrogens with two attached hydrogens (primary N) is 1. The molecule has 0 bridgehead atoms. The van der Waals surface area contributed by atoms with E-state index in [0.29, 0.717) is 0 Å². The number of anilines is 1. The first kappa shape index (κ1) is 13.7. The van der Waals surface area contributed by atoms with Crippen LogP contribution in [0, 0.1) is 0 Å². The summed E-state index contributed by atoms with van der Waals surface area (Å²) in [6.45, 7) is 4.87. The van der Waals surface area contributed by atoms with Crippen LogP contribution in [-0.2, 0) is 4.79 Å². The highest BCUT2D eigenvalue weighted by Gasteiger charge is 2.23. The van der Waals surface area contributed by atoms with Crippen LogP contribution < -0.4 is 15.4 Å². The lowest BCUT2D eigenvalue weighted by Crippen LogP contribution is -2.52. The van der Waals surface area contributed by atoms with Crippen molar-refractivity contribution in [2.24, 2.45) is 5.73 Å². The zero-order valence-corrected chi connectivity index (χ0v) is 11.5. The predicted molar refractivity (Wildman–Crippen MR) is 75.4 cm³/mol. The lowest BCUT2D eigenvalue weighted by atomic mass is 10.2. The summed E-state index contributed by atoms with van der Waals surface area (Å²) in [7, 11) is 1.66. The number of piperazine rings is 1. The zero-order valence-electron chi connectivity index (χ0n) is 11.5. The van der Waals surface area contributed by atoms with Gasteiger partial charge in [0.2, 0.25) is 5.91 Å². The number of amides is 1. The van der Waals surface area contributed by atoms with Crippen LogP contribution in [0.4, 0.5) is 5.69 Å². The monoisotopic (exact) mass is 263 g/mol. The summed E-state index contributed by atoms with van der Waals surface area (Å²) in [6.07, 6.45) is 0. The maximum Gasteiger partial charge on any atom is 0.239 e. The number of nitrogens with zero attached hydrogens (tertiary/aromatic N) is 2. The van der Waals surface area contributed by atoms with Gasteiger partial charge < -0.3 is 20.3 Å². The first-order valence-corrected chi connectivity index (χ1v) is 6.55. The van der Waals surface area contributed by atoms with Gasteiger partial charge in [0.05, 0.1) is 13.2 Å². The lowest BCUT2D eigenvalue weighted by molar-refractivity contribution is -0.132. The van der Waals surface area contributed by atoms with Crippen molar-refractivity contribution >= 4 is 11.6 Å². The molecule has 1 aromatic carbocycles. The number of ether oxygens (including phenoxy) is 1. The van der Waals surface area contributed by atoms with Gasteiger partial charge in [-0.25, -0.2) is 0 Å². The molecule has 104 valence electrons. The van der Waals surface area contributed by atoms with E-state index in [1.165, 1.54) is 0 Å². The summed E-state index contributed by atoms with van der Waals surface area (Å²) in [5.41, 5.74) is 6.79. The molecule has 2 rings (SSSR count). The summed E-state index contributed by atoms with van der Waals surface area (Å²) >= 11 is 0. The summed E-state index contributed by atoms with van der Waals surface area (Å²) in [5, 5.41) is 0. The summed E-state index contributed by atoms with van der Waals surface area (Å²) in [6, 6.07) is 7.58. The minimum atomic E-state index is -0.410. The second-order valence-corrected chi connectivity index (χ2v) is 4.80. The van der Waals surface area contributed by atoms with Crippen molar-refractivity contribution in [2.45, 2.75) is 13.0 Å². The minimum Gasteiger partial charge on any atom is -0.497 e. The largest absolute Gasteiger partial charge is 0.497 e. The zero-order chi connectivity index (χ0) is 13.8. The van der Waals surface area contributed by atoms with E-state index in [1.54, 1.807) is 14.0 Å². The third kappa shape index (κ3) is 3.17. The molecule has 1 aliphatic rings. The molecule has 2 N–H and O–H groups in total. The lowest BCUT2D eigenvalue weighted by Gasteiger charge is -2.36. The molecule has 19 heavy (non-hydrogen) atoms. The van der Waals surface area contributed by atoms with Crippen molar-refractivity contribution < 1.29 is 9.53 Å². The maximum atomic E-state index is 11.8. The van der Waals surface area contributed by atoms with Crippen molar-refractivity contribution in [2.75, 3.05) is 38.2 Å². The Labute approximate surface area is 113 Å². The molecule has 0 saturated carbocycles. The average molecular weight is 263 g/mol. The molecule has 5 nitrogen and oxygen atoms in total. The molecule has 0 spiro atoms. The highest BCUT2D eigenvalue weighted by atomic mass is 16.5. The molecule has 0 unspecified atom stereocenters. The number of methoxy groups -OCH3 is 1. The molecule has 1 aliphatic heterocycles. The minimum absolute atomic E-state index is 0.0365. The third-order valence-electron chi connectivity index (χ3n) is 3.42. The molecule has 0 aromatic heterocycles. The highest BCUT2D eigenvalue weighted by molar-refractivity contribution is 5.81. The van der Waals surface area contributed by atoms with Crippen LogP contribution in [0.3, 0.4) is 0 Å². The van der Waals surface area contributed by atoms with Gasteiger partial charge in [-0.3, -0.25) is 4.79 Å². The Balaban J connectivity index is 1.94. The number of benzene rings is 1. The summed E-state index contributed by atoms with van der Waals surface area (Å²) in [5.74, 6) is 0.893. The van der Waals surface area contributed by atoms with Gasteiger partial charge in [0, 0.05) is 31.9 Å². The first-order valence-electron chi connectivity index (χ1n) is 6.55. The van der Waals surface area contributed by atoms with Crippen LogP contribution in [0.15, 0.2) is 24.3 Å². The van der Waals surface area contributed by atoms with Gasteiger partial charge in [0.1, 0.15) is 5.75 Å². The SMILES string of the molecule is COc1ccc(N2CCN(C(=O)[C@@H](C)N)CC2)cc1. The second kappa shape index (κ2) is 5.93. The molecule has 0 radical (unpaired) electrons. The van der Waals surface area contributed by atoms with Gasteiger partial charge in [0.15, 0.2) is 0 Å². The molecule has 1 heterocycles. The Bertz CT molecular complexity index is 423. The smallest absolute Gasteiger partial charge is 0.239 e. The van der Waals surface area contributed by atoms with Gasteiger partial charge in [-0.15, -0.1) is 0 Å². The molecular weight excluding hydrogens is 242 g/mol. The van der Waals surface area contributed by atoms with Crippen molar-refractivity contribution in [3.05, 3.63) is 24.3 Å².